The number of amides is 1. The highest BCUT2D eigenvalue weighted by Crippen LogP contribution is 2.49. The van der Waals surface area contributed by atoms with E-state index >= 15 is 0 Å². The number of anilines is 1. The molecule has 1 N–H and O–H groups in total. The second kappa shape index (κ2) is 10.4. The van der Waals surface area contributed by atoms with Crippen LogP contribution < -0.4 is 5.32 Å². The standard InChI is InChI=1S/C29H25ClN2O4S/c1-18-25(31-28(34)36-17-19-4-3-5-24(30)16-19)26(37-32-18)22-8-6-20(7-9-22)21-10-12-23(13-11-21)29(14-15-29)27(33)35-2/h3-13,16H,14-15,17H2,1-2H3,(H,31,34). The molecule has 0 atom stereocenters. The Morgan fingerprint density at radius 3 is 2.27 bits per heavy atom. The molecule has 37 heavy (non-hydrogen) atoms. The van der Waals surface area contributed by atoms with Gasteiger partial charge >= 0.3 is 12.1 Å². The van der Waals surface area contributed by atoms with Crippen molar-refractivity contribution >= 4 is 40.9 Å². The largest absolute Gasteiger partial charge is 0.468 e. The average molecular weight is 533 g/mol. The smallest absolute Gasteiger partial charge is 0.412 e. The predicted octanol–water partition coefficient (Wildman–Crippen LogP) is 7.39. The molecule has 6 nitrogen and oxygen atoms in total. The molecular formula is C29H25ClN2O4S. The van der Waals surface area contributed by atoms with E-state index < -0.39 is 11.5 Å². The molecule has 8 heteroatoms. The van der Waals surface area contributed by atoms with E-state index in [-0.39, 0.29) is 12.6 Å². The summed E-state index contributed by atoms with van der Waals surface area (Å²) in [6.07, 6.45) is 1.10. The lowest BCUT2D eigenvalue weighted by Gasteiger charge is -2.13. The van der Waals surface area contributed by atoms with Crippen LogP contribution in [0.5, 0.6) is 0 Å². The highest BCUT2D eigenvalue weighted by Gasteiger charge is 2.52. The molecule has 1 aromatic heterocycles. The van der Waals surface area contributed by atoms with Crippen molar-refractivity contribution in [3.8, 4) is 21.6 Å². The lowest BCUT2D eigenvalue weighted by molar-refractivity contribution is -0.143. The third kappa shape index (κ3) is 5.24. The van der Waals surface area contributed by atoms with Gasteiger partial charge in [-0.2, -0.15) is 4.37 Å². The van der Waals surface area contributed by atoms with E-state index in [0.29, 0.717) is 10.7 Å². The van der Waals surface area contributed by atoms with E-state index in [1.54, 1.807) is 12.1 Å². The molecule has 0 saturated heterocycles. The first-order valence-electron chi connectivity index (χ1n) is 11.8. The van der Waals surface area contributed by atoms with Gasteiger partial charge in [-0.3, -0.25) is 10.1 Å². The molecule has 5 rings (SSSR count). The minimum Gasteiger partial charge on any atom is -0.468 e. The summed E-state index contributed by atoms with van der Waals surface area (Å²) in [6.45, 7) is 1.97. The van der Waals surface area contributed by atoms with Crippen LogP contribution >= 0.6 is 23.1 Å². The number of halogens is 1. The number of aromatic nitrogens is 1. The van der Waals surface area contributed by atoms with E-state index in [1.807, 2.05) is 67.6 Å². The van der Waals surface area contributed by atoms with Gasteiger partial charge in [0.2, 0.25) is 0 Å². The van der Waals surface area contributed by atoms with Crippen LogP contribution in [-0.2, 0) is 26.3 Å². The van der Waals surface area contributed by atoms with E-state index in [4.69, 9.17) is 21.1 Å². The van der Waals surface area contributed by atoms with Gasteiger partial charge in [0.15, 0.2) is 0 Å². The highest BCUT2D eigenvalue weighted by molar-refractivity contribution is 7.10. The van der Waals surface area contributed by atoms with Crippen LogP contribution in [0.15, 0.2) is 72.8 Å². The molecule has 1 aliphatic rings. The van der Waals surface area contributed by atoms with Crippen molar-refractivity contribution in [2.45, 2.75) is 31.8 Å². The molecule has 1 fully saturated rings. The summed E-state index contributed by atoms with van der Waals surface area (Å²) in [5, 5.41) is 3.44. The zero-order chi connectivity index (χ0) is 26.0. The van der Waals surface area contributed by atoms with E-state index in [2.05, 4.69) is 9.69 Å². The van der Waals surface area contributed by atoms with Gasteiger partial charge in [-0.1, -0.05) is 72.3 Å². The van der Waals surface area contributed by atoms with Crippen LogP contribution in [0, 0.1) is 6.92 Å². The summed E-state index contributed by atoms with van der Waals surface area (Å²) in [4.78, 5) is 25.5. The summed E-state index contributed by atoms with van der Waals surface area (Å²) >= 11 is 7.32. The fraction of sp³-hybridized carbons (Fsp3) is 0.207. The molecule has 1 aliphatic carbocycles. The Morgan fingerprint density at radius 1 is 1.00 bits per heavy atom. The van der Waals surface area contributed by atoms with Gasteiger partial charge in [0.25, 0.3) is 0 Å². The quantitative estimate of drug-likeness (QED) is 0.251. The van der Waals surface area contributed by atoms with Crippen molar-refractivity contribution in [2.75, 3.05) is 12.4 Å². The van der Waals surface area contributed by atoms with E-state index in [1.165, 1.54) is 18.6 Å². The number of hydrogen-bond donors (Lipinski definition) is 1. The normalized spacial score (nSPS) is 13.6. The molecule has 188 valence electrons. The minimum absolute atomic E-state index is 0.118. The fourth-order valence-corrected chi connectivity index (χ4v) is 5.42. The Morgan fingerprint density at radius 2 is 1.65 bits per heavy atom. The molecule has 3 aromatic carbocycles. The number of nitrogens with zero attached hydrogens (tertiary/aromatic N) is 1. The van der Waals surface area contributed by atoms with Crippen molar-refractivity contribution in [3.05, 3.63) is 94.6 Å². The van der Waals surface area contributed by atoms with Crippen LogP contribution in [-0.4, -0.2) is 23.5 Å². The van der Waals surface area contributed by atoms with Crippen LogP contribution in [0.2, 0.25) is 5.02 Å². The van der Waals surface area contributed by atoms with Gasteiger partial charge in [-0.25, -0.2) is 4.79 Å². The predicted molar refractivity (Wildman–Crippen MR) is 146 cm³/mol. The maximum absolute atomic E-state index is 12.5. The number of aryl methyl sites for hydroxylation is 1. The lowest BCUT2D eigenvalue weighted by atomic mass is 9.93. The summed E-state index contributed by atoms with van der Waals surface area (Å²) < 4.78 is 14.8. The first kappa shape index (κ1) is 25.0. The molecule has 0 radical (unpaired) electrons. The molecule has 1 saturated carbocycles. The van der Waals surface area contributed by atoms with Gasteiger partial charge in [0.1, 0.15) is 6.61 Å². The number of methoxy groups -OCH3 is 1. The summed E-state index contributed by atoms with van der Waals surface area (Å²) in [5.74, 6) is -0.165. The maximum Gasteiger partial charge on any atom is 0.412 e. The molecule has 0 bridgehead atoms. The Bertz CT molecular complexity index is 1440. The van der Waals surface area contributed by atoms with Crippen molar-refractivity contribution in [3.63, 3.8) is 0 Å². The fourth-order valence-electron chi connectivity index (χ4n) is 4.35. The van der Waals surface area contributed by atoms with Crippen molar-refractivity contribution in [2.24, 2.45) is 0 Å². The third-order valence-electron chi connectivity index (χ3n) is 6.59. The van der Waals surface area contributed by atoms with Crippen LogP contribution in [0.4, 0.5) is 10.5 Å². The number of esters is 1. The number of ether oxygens (including phenoxy) is 2. The monoisotopic (exact) mass is 532 g/mol. The second-order valence-electron chi connectivity index (χ2n) is 9.03. The average Bonchev–Trinajstić information content (AvgIpc) is 3.66. The molecule has 0 aliphatic heterocycles. The Hall–Kier alpha value is -3.68. The van der Waals surface area contributed by atoms with Gasteiger partial charge in [0.05, 0.1) is 28.8 Å². The minimum atomic E-state index is -0.554. The first-order valence-corrected chi connectivity index (χ1v) is 13.0. The summed E-state index contributed by atoms with van der Waals surface area (Å²) in [7, 11) is 1.44. The topological polar surface area (TPSA) is 77.5 Å². The number of rotatable bonds is 7. The van der Waals surface area contributed by atoms with Gasteiger partial charge in [0, 0.05) is 5.02 Å². The maximum atomic E-state index is 12.5. The van der Waals surface area contributed by atoms with Crippen LogP contribution in [0.25, 0.3) is 21.6 Å². The second-order valence-corrected chi connectivity index (χ2v) is 10.2. The number of carbonyl (C=O) groups is 2. The van der Waals surface area contributed by atoms with Gasteiger partial charge in [-0.15, -0.1) is 0 Å². The van der Waals surface area contributed by atoms with Crippen molar-refractivity contribution in [1.29, 1.82) is 0 Å². The zero-order valence-corrected chi connectivity index (χ0v) is 22.0. The van der Waals surface area contributed by atoms with Crippen LogP contribution in [0.1, 0.15) is 29.7 Å². The van der Waals surface area contributed by atoms with E-state index in [9.17, 15) is 9.59 Å². The Kier molecular flexibility index (Phi) is 7.00. The molecule has 1 heterocycles. The number of hydrogen-bond acceptors (Lipinski definition) is 6. The third-order valence-corrected chi connectivity index (χ3v) is 7.82. The van der Waals surface area contributed by atoms with Gasteiger partial charge in [-0.05, 0) is 71.2 Å². The van der Waals surface area contributed by atoms with Crippen molar-refractivity contribution in [1.82, 2.24) is 4.37 Å². The molecule has 0 unspecified atom stereocenters. The lowest BCUT2D eigenvalue weighted by Crippen LogP contribution is -2.21. The summed E-state index contributed by atoms with van der Waals surface area (Å²) in [5.41, 5.74) is 5.74. The molecular weight excluding hydrogens is 508 g/mol. The Balaban J connectivity index is 1.28. The summed E-state index contributed by atoms with van der Waals surface area (Å²) in [6, 6.07) is 23.4. The van der Waals surface area contributed by atoms with Gasteiger partial charge < -0.3 is 9.47 Å². The SMILES string of the molecule is COC(=O)C1(c2ccc(-c3ccc(-c4snc(C)c4NC(=O)OCc4cccc(Cl)c4)cc3)cc2)CC1. The zero-order valence-electron chi connectivity index (χ0n) is 20.4. The van der Waals surface area contributed by atoms with Crippen molar-refractivity contribution < 1.29 is 19.1 Å². The number of carbonyl (C=O) groups excluding carboxylic acids is 2. The molecule has 4 aromatic rings. The highest BCUT2D eigenvalue weighted by atomic mass is 35.5. The Labute approximate surface area is 224 Å². The number of nitrogens with one attached hydrogen (secondary N) is 1. The van der Waals surface area contributed by atoms with E-state index in [0.717, 1.165) is 51.2 Å². The number of benzene rings is 3. The molecule has 1 amide bonds. The molecule has 0 spiro atoms. The first-order chi connectivity index (χ1) is 17.9. The van der Waals surface area contributed by atoms with Crippen LogP contribution in [0.3, 0.4) is 0 Å².